The van der Waals surface area contributed by atoms with Crippen LogP contribution in [-0.4, -0.2) is 66.1 Å². The summed E-state index contributed by atoms with van der Waals surface area (Å²) < 4.78 is 12.1. The van der Waals surface area contributed by atoms with E-state index in [9.17, 15) is 14.4 Å². The predicted octanol–water partition coefficient (Wildman–Crippen LogP) is 2.14. The van der Waals surface area contributed by atoms with Crippen molar-refractivity contribution in [2.45, 2.75) is 44.8 Å². The van der Waals surface area contributed by atoms with E-state index in [0.717, 1.165) is 32.5 Å². The summed E-state index contributed by atoms with van der Waals surface area (Å²) in [6.45, 7) is 3.25. The number of carbonyl (C=O) groups is 2. The summed E-state index contributed by atoms with van der Waals surface area (Å²) in [5.74, 6) is -0.405. The normalized spacial score (nSPS) is 19.2. The number of aromatic nitrogens is 1. The second kappa shape index (κ2) is 9.87. The van der Waals surface area contributed by atoms with Crippen molar-refractivity contribution in [1.82, 2.24) is 14.4 Å². The molecule has 2 aromatic heterocycles. The molecule has 4 heterocycles. The predicted molar refractivity (Wildman–Crippen MR) is 121 cm³/mol. The molecule has 0 bridgehead atoms. The SMILES string of the molecule is COC(=O)[C@H]1CCCCN1C(=O)c1c(OC)cc(=O)n2c1CCN(Cc1cccs1)CC2. The lowest BCUT2D eigenvalue weighted by molar-refractivity contribution is -0.147. The minimum Gasteiger partial charge on any atom is -0.496 e. The molecule has 1 atom stereocenters. The number of hydrogen-bond donors (Lipinski definition) is 0. The Bertz CT molecular complexity index is 1030. The number of hydrogen-bond acceptors (Lipinski definition) is 7. The first-order valence-corrected chi connectivity index (χ1v) is 11.9. The number of thiophene rings is 1. The highest BCUT2D eigenvalue weighted by molar-refractivity contribution is 7.09. The molecule has 2 aliphatic heterocycles. The molecular formula is C23H29N3O5S. The molecule has 1 fully saturated rings. The molecular weight excluding hydrogens is 430 g/mol. The lowest BCUT2D eigenvalue weighted by Crippen LogP contribution is -2.49. The van der Waals surface area contributed by atoms with Gasteiger partial charge in [-0.1, -0.05) is 6.07 Å². The second-order valence-corrected chi connectivity index (χ2v) is 9.20. The third-order valence-electron chi connectivity index (χ3n) is 6.32. The molecule has 1 saturated heterocycles. The smallest absolute Gasteiger partial charge is 0.328 e. The minimum absolute atomic E-state index is 0.172. The summed E-state index contributed by atoms with van der Waals surface area (Å²) in [5, 5.41) is 2.06. The molecule has 0 spiro atoms. The average Bonchev–Trinajstić information content (AvgIpc) is 3.24. The summed E-state index contributed by atoms with van der Waals surface area (Å²) >= 11 is 1.71. The van der Waals surface area contributed by atoms with Crippen LogP contribution < -0.4 is 10.3 Å². The summed E-state index contributed by atoms with van der Waals surface area (Å²) in [6, 6.07) is 4.92. The van der Waals surface area contributed by atoms with E-state index in [2.05, 4.69) is 16.3 Å². The number of pyridine rings is 1. The van der Waals surface area contributed by atoms with Gasteiger partial charge in [0.1, 0.15) is 17.4 Å². The monoisotopic (exact) mass is 459 g/mol. The molecule has 9 heteroatoms. The molecule has 1 amide bonds. The highest BCUT2D eigenvalue weighted by atomic mass is 32.1. The van der Waals surface area contributed by atoms with Gasteiger partial charge in [0.15, 0.2) is 0 Å². The van der Waals surface area contributed by atoms with Crippen LogP contribution in [0.4, 0.5) is 0 Å². The van der Waals surface area contributed by atoms with Crippen LogP contribution in [0.1, 0.15) is 40.2 Å². The standard InChI is InChI=1S/C23H29N3O5S/c1-30-19-14-20(27)25-12-11-24(15-16-6-5-13-32-16)10-8-17(25)21(19)22(28)26-9-4-3-7-18(26)23(29)31-2/h5-6,13-14,18H,3-4,7-12,15H2,1-2H3/t18-/m1/s1. The van der Waals surface area contributed by atoms with E-state index in [1.807, 2.05) is 6.07 Å². The van der Waals surface area contributed by atoms with Crippen molar-refractivity contribution < 1.29 is 19.1 Å². The Morgan fingerprint density at radius 1 is 1.16 bits per heavy atom. The lowest BCUT2D eigenvalue weighted by Gasteiger charge is -2.34. The van der Waals surface area contributed by atoms with Gasteiger partial charge in [-0.25, -0.2) is 4.79 Å². The van der Waals surface area contributed by atoms with Crippen molar-refractivity contribution in [3.63, 3.8) is 0 Å². The Hall–Kier alpha value is -2.65. The fourth-order valence-corrected chi connectivity index (χ4v) is 5.41. The summed E-state index contributed by atoms with van der Waals surface area (Å²) in [5.41, 5.74) is 0.901. The molecule has 0 aliphatic carbocycles. The van der Waals surface area contributed by atoms with Gasteiger partial charge in [-0.2, -0.15) is 0 Å². The Labute approximate surface area is 191 Å². The zero-order valence-corrected chi connectivity index (χ0v) is 19.4. The number of carbonyl (C=O) groups excluding carboxylic acids is 2. The van der Waals surface area contributed by atoms with Crippen molar-refractivity contribution in [1.29, 1.82) is 0 Å². The number of amides is 1. The summed E-state index contributed by atoms with van der Waals surface area (Å²) in [4.78, 5) is 44.1. The first-order valence-electron chi connectivity index (χ1n) is 11.0. The Morgan fingerprint density at radius 2 is 2.00 bits per heavy atom. The Balaban J connectivity index is 1.68. The third kappa shape index (κ3) is 4.45. The molecule has 172 valence electrons. The number of ether oxygens (including phenoxy) is 2. The fourth-order valence-electron chi connectivity index (χ4n) is 4.66. The van der Waals surface area contributed by atoms with Gasteiger partial charge >= 0.3 is 5.97 Å². The van der Waals surface area contributed by atoms with E-state index in [0.29, 0.717) is 37.2 Å². The van der Waals surface area contributed by atoms with Crippen molar-refractivity contribution in [2.75, 3.05) is 33.9 Å². The number of nitrogens with zero attached hydrogens (tertiary/aromatic N) is 3. The molecule has 8 nitrogen and oxygen atoms in total. The molecule has 2 aliphatic rings. The van der Waals surface area contributed by atoms with Gasteiger partial charge < -0.3 is 18.9 Å². The van der Waals surface area contributed by atoms with E-state index < -0.39 is 12.0 Å². The topological polar surface area (TPSA) is 81.1 Å². The largest absolute Gasteiger partial charge is 0.496 e. The maximum Gasteiger partial charge on any atom is 0.328 e. The van der Waals surface area contributed by atoms with Crippen LogP contribution in [-0.2, 0) is 29.0 Å². The van der Waals surface area contributed by atoms with E-state index in [-0.39, 0.29) is 17.2 Å². The Kier molecular flexibility index (Phi) is 6.95. The van der Waals surface area contributed by atoms with E-state index in [1.54, 1.807) is 20.8 Å². The average molecular weight is 460 g/mol. The van der Waals surface area contributed by atoms with Gasteiger partial charge in [0.05, 0.1) is 14.2 Å². The Morgan fingerprint density at radius 3 is 2.72 bits per heavy atom. The van der Waals surface area contributed by atoms with Crippen molar-refractivity contribution in [2.24, 2.45) is 0 Å². The van der Waals surface area contributed by atoms with Gasteiger partial charge in [0, 0.05) is 55.8 Å². The maximum absolute atomic E-state index is 13.8. The van der Waals surface area contributed by atoms with Crippen LogP contribution in [0.15, 0.2) is 28.4 Å². The van der Waals surface area contributed by atoms with Gasteiger partial charge in [-0.3, -0.25) is 14.5 Å². The number of likely N-dealkylation sites (tertiary alicyclic amines) is 1. The maximum atomic E-state index is 13.8. The fraction of sp³-hybridized carbons (Fsp3) is 0.522. The zero-order chi connectivity index (χ0) is 22.7. The van der Waals surface area contributed by atoms with Crippen LogP contribution in [0.2, 0.25) is 0 Å². The van der Waals surface area contributed by atoms with Gasteiger partial charge in [-0.05, 0) is 30.7 Å². The van der Waals surface area contributed by atoms with Crippen molar-refractivity contribution >= 4 is 23.2 Å². The highest BCUT2D eigenvalue weighted by Crippen LogP contribution is 2.28. The molecule has 2 aromatic rings. The highest BCUT2D eigenvalue weighted by Gasteiger charge is 2.36. The second-order valence-electron chi connectivity index (χ2n) is 8.16. The molecule has 0 aromatic carbocycles. The number of piperidine rings is 1. The first kappa shape index (κ1) is 22.5. The lowest BCUT2D eigenvalue weighted by atomic mass is 9.99. The zero-order valence-electron chi connectivity index (χ0n) is 18.5. The molecule has 0 saturated carbocycles. The molecule has 0 N–H and O–H groups in total. The van der Waals surface area contributed by atoms with Crippen LogP contribution in [0.5, 0.6) is 5.75 Å². The van der Waals surface area contributed by atoms with Crippen molar-refractivity contribution in [3.05, 3.63) is 50.1 Å². The van der Waals surface area contributed by atoms with E-state index in [1.165, 1.54) is 25.2 Å². The summed E-state index contributed by atoms with van der Waals surface area (Å²) in [6.07, 6.45) is 2.82. The third-order valence-corrected chi connectivity index (χ3v) is 7.18. The van der Waals surface area contributed by atoms with Crippen molar-refractivity contribution in [3.8, 4) is 5.75 Å². The molecule has 4 rings (SSSR count). The van der Waals surface area contributed by atoms with E-state index >= 15 is 0 Å². The number of methoxy groups -OCH3 is 2. The number of rotatable bonds is 5. The van der Waals surface area contributed by atoms with Crippen LogP contribution in [0.3, 0.4) is 0 Å². The minimum atomic E-state index is -0.611. The van der Waals surface area contributed by atoms with Crippen LogP contribution in [0, 0.1) is 0 Å². The van der Waals surface area contributed by atoms with Gasteiger partial charge in [-0.15, -0.1) is 11.3 Å². The first-order chi connectivity index (χ1) is 15.5. The summed E-state index contributed by atoms with van der Waals surface area (Å²) in [7, 11) is 2.81. The van der Waals surface area contributed by atoms with Gasteiger partial charge in [0.25, 0.3) is 11.5 Å². The number of esters is 1. The quantitative estimate of drug-likeness (QED) is 0.638. The molecule has 0 radical (unpaired) electrons. The van der Waals surface area contributed by atoms with Crippen LogP contribution >= 0.6 is 11.3 Å². The number of fused-ring (bicyclic) bond motifs is 1. The van der Waals surface area contributed by atoms with Gasteiger partial charge in [0.2, 0.25) is 0 Å². The van der Waals surface area contributed by atoms with Crippen LogP contribution in [0.25, 0.3) is 0 Å². The molecule has 32 heavy (non-hydrogen) atoms. The molecule has 0 unspecified atom stereocenters. The van der Waals surface area contributed by atoms with E-state index in [4.69, 9.17) is 9.47 Å².